The van der Waals surface area contributed by atoms with Crippen LogP contribution in [0.2, 0.25) is 5.02 Å². The number of benzene rings is 1. The van der Waals surface area contributed by atoms with Crippen LogP contribution in [0.25, 0.3) is 0 Å². The molecule has 0 aliphatic rings. The number of likely N-dealkylation sites (N-methyl/N-ethyl adjacent to an activating group) is 1. The van der Waals surface area contributed by atoms with Gasteiger partial charge in [0.05, 0.1) is 6.33 Å². The van der Waals surface area contributed by atoms with Gasteiger partial charge >= 0.3 is 0 Å². The summed E-state index contributed by atoms with van der Waals surface area (Å²) in [5.41, 5.74) is 1.54. The molecule has 0 unspecified atom stereocenters. The van der Waals surface area contributed by atoms with Gasteiger partial charge in [-0.1, -0.05) is 17.7 Å². The molecule has 6 heteroatoms. The third kappa shape index (κ3) is 4.81. The molecule has 1 aromatic carbocycles. The first-order chi connectivity index (χ1) is 10.1. The Labute approximate surface area is 129 Å². The molecule has 0 aliphatic heterocycles. The molecule has 0 spiro atoms. The minimum Gasteiger partial charge on any atom is -0.347 e. The van der Waals surface area contributed by atoms with Crippen LogP contribution in [-0.2, 0) is 13.1 Å². The number of nitrogens with one attached hydrogen (secondary N) is 1. The number of nitrogens with zero attached hydrogens (tertiary/aromatic N) is 3. The molecule has 0 atom stereocenters. The molecule has 0 bridgehead atoms. The van der Waals surface area contributed by atoms with Gasteiger partial charge in [0.15, 0.2) is 0 Å². The van der Waals surface area contributed by atoms with E-state index in [9.17, 15) is 4.39 Å². The van der Waals surface area contributed by atoms with Crippen molar-refractivity contribution in [3.8, 4) is 0 Å². The van der Waals surface area contributed by atoms with E-state index in [1.807, 2.05) is 14.1 Å². The van der Waals surface area contributed by atoms with Gasteiger partial charge in [-0.25, -0.2) is 9.37 Å². The lowest BCUT2D eigenvalue weighted by atomic mass is 10.2. The summed E-state index contributed by atoms with van der Waals surface area (Å²) in [7, 11) is 4.04. The molecular weight excluding hydrogens is 291 g/mol. The van der Waals surface area contributed by atoms with E-state index in [-0.39, 0.29) is 5.82 Å². The van der Waals surface area contributed by atoms with E-state index in [2.05, 4.69) is 19.8 Å². The second kappa shape index (κ2) is 7.54. The SMILES string of the molecule is CN(C)CCN(Cc1cnc[nH]1)Cc1c(F)cccc1Cl. The minimum absolute atomic E-state index is 0.262. The molecule has 2 rings (SSSR count). The molecule has 4 nitrogen and oxygen atoms in total. The topological polar surface area (TPSA) is 35.2 Å². The van der Waals surface area contributed by atoms with Gasteiger partial charge < -0.3 is 9.88 Å². The average Bonchev–Trinajstić information content (AvgIpc) is 2.93. The molecule has 1 N–H and O–H groups in total. The Hall–Kier alpha value is -1.43. The summed E-state index contributed by atoms with van der Waals surface area (Å²) in [4.78, 5) is 11.3. The Kier molecular flexibility index (Phi) is 5.73. The first-order valence-corrected chi connectivity index (χ1v) is 7.21. The predicted molar refractivity (Wildman–Crippen MR) is 82.7 cm³/mol. The van der Waals surface area contributed by atoms with Gasteiger partial charge in [0.25, 0.3) is 0 Å². The van der Waals surface area contributed by atoms with Crippen molar-refractivity contribution < 1.29 is 4.39 Å². The van der Waals surface area contributed by atoms with Gasteiger partial charge in [-0.2, -0.15) is 0 Å². The minimum atomic E-state index is -0.262. The zero-order valence-corrected chi connectivity index (χ0v) is 13.1. The van der Waals surface area contributed by atoms with E-state index in [0.717, 1.165) is 18.8 Å². The van der Waals surface area contributed by atoms with Crippen LogP contribution in [0.15, 0.2) is 30.7 Å². The fourth-order valence-electron chi connectivity index (χ4n) is 2.07. The highest BCUT2D eigenvalue weighted by Crippen LogP contribution is 2.21. The van der Waals surface area contributed by atoms with E-state index < -0.39 is 0 Å². The van der Waals surface area contributed by atoms with Gasteiger partial charge in [0, 0.05) is 48.7 Å². The summed E-state index contributed by atoms with van der Waals surface area (Å²) >= 11 is 6.12. The molecule has 0 amide bonds. The molecule has 0 fully saturated rings. The van der Waals surface area contributed by atoms with Crippen LogP contribution in [0.3, 0.4) is 0 Å². The van der Waals surface area contributed by atoms with Crippen molar-refractivity contribution in [3.05, 3.63) is 52.8 Å². The van der Waals surface area contributed by atoms with Gasteiger partial charge in [0.2, 0.25) is 0 Å². The Morgan fingerprint density at radius 1 is 1.24 bits per heavy atom. The van der Waals surface area contributed by atoms with Gasteiger partial charge in [-0.15, -0.1) is 0 Å². The maximum Gasteiger partial charge on any atom is 0.129 e. The summed E-state index contributed by atoms with van der Waals surface area (Å²) in [6.07, 6.45) is 3.43. The molecule has 0 saturated carbocycles. The van der Waals surface area contributed by atoms with Crippen molar-refractivity contribution in [3.63, 3.8) is 0 Å². The fraction of sp³-hybridized carbons (Fsp3) is 0.400. The lowest BCUT2D eigenvalue weighted by molar-refractivity contribution is 0.222. The molecule has 0 aliphatic carbocycles. The highest BCUT2D eigenvalue weighted by molar-refractivity contribution is 6.31. The lowest BCUT2D eigenvalue weighted by Gasteiger charge is -2.24. The average molecular weight is 311 g/mol. The predicted octanol–water partition coefficient (Wildman–Crippen LogP) is 2.77. The molecule has 2 aromatic rings. The van der Waals surface area contributed by atoms with E-state index in [0.29, 0.717) is 23.7 Å². The number of rotatable bonds is 7. The molecule has 114 valence electrons. The Bertz CT molecular complexity index is 537. The van der Waals surface area contributed by atoms with Crippen LogP contribution in [0.5, 0.6) is 0 Å². The normalized spacial score (nSPS) is 11.5. The number of H-pyrrole nitrogens is 1. The van der Waals surface area contributed by atoms with E-state index in [1.165, 1.54) is 6.07 Å². The van der Waals surface area contributed by atoms with Gasteiger partial charge in [-0.3, -0.25) is 4.90 Å². The third-order valence-corrected chi connectivity index (χ3v) is 3.61. The number of hydrogen-bond acceptors (Lipinski definition) is 3. The zero-order chi connectivity index (χ0) is 15.2. The van der Waals surface area contributed by atoms with Crippen molar-refractivity contribution in [2.24, 2.45) is 0 Å². The van der Waals surface area contributed by atoms with E-state index in [4.69, 9.17) is 11.6 Å². The first-order valence-electron chi connectivity index (χ1n) is 6.83. The fourth-order valence-corrected chi connectivity index (χ4v) is 2.30. The van der Waals surface area contributed by atoms with E-state index >= 15 is 0 Å². The van der Waals surface area contributed by atoms with Crippen molar-refractivity contribution in [2.45, 2.75) is 13.1 Å². The Morgan fingerprint density at radius 2 is 2.05 bits per heavy atom. The zero-order valence-electron chi connectivity index (χ0n) is 12.3. The van der Waals surface area contributed by atoms with Gasteiger partial charge in [0.1, 0.15) is 5.82 Å². The number of imidazole rings is 1. The van der Waals surface area contributed by atoms with Gasteiger partial charge in [-0.05, 0) is 26.2 Å². The smallest absolute Gasteiger partial charge is 0.129 e. The second-order valence-corrected chi connectivity index (χ2v) is 5.70. The Morgan fingerprint density at radius 3 is 2.67 bits per heavy atom. The molecule has 21 heavy (non-hydrogen) atoms. The molecule has 0 radical (unpaired) electrons. The van der Waals surface area contributed by atoms with Crippen LogP contribution < -0.4 is 0 Å². The lowest BCUT2D eigenvalue weighted by Crippen LogP contribution is -2.31. The van der Waals surface area contributed by atoms with Crippen molar-refractivity contribution in [1.29, 1.82) is 0 Å². The van der Waals surface area contributed by atoms with Crippen LogP contribution >= 0.6 is 11.6 Å². The molecular formula is C15H20ClFN4. The quantitative estimate of drug-likeness (QED) is 0.854. The molecule has 0 saturated heterocycles. The maximum atomic E-state index is 13.9. The standard InChI is InChI=1S/C15H20ClFN4/c1-20(2)6-7-21(9-12-8-18-11-19-12)10-13-14(16)4-3-5-15(13)17/h3-5,8,11H,6-7,9-10H2,1-2H3,(H,18,19). The molecule has 1 heterocycles. The van der Waals surface area contributed by atoms with Crippen LogP contribution in [0.4, 0.5) is 4.39 Å². The number of aromatic amines is 1. The highest BCUT2D eigenvalue weighted by Gasteiger charge is 2.14. The monoisotopic (exact) mass is 310 g/mol. The summed E-state index contributed by atoms with van der Waals surface area (Å²) in [5.74, 6) is -0.262. The number of hydrogen-bond donors (Lipinski definition) is 1. The number of halogens is 2. The van der Waals surface area contributed by atoms with Crippen LogP contribution in [-0.4, -0.2) is 47.0 Å². The summed E-state index contributed by atoms with van der Waals surface area (Å²) in [5, 5.41) is 0.467. The number of aromatic nitrogens is 2. The van der Waals surface area contributed by atoms with Crippen LogP contribution in [0.1, 0.15) is 11.3 Å². The summed E-state index contributed by atoms with van der Waals surface area (Å²) < 4.78 is 13.9. The summed E-state index contributed by atoms with van der Waals surface area (Å²) in [6, 6.07) is 4.79. The highest BCUT2D eigenvalue weighted by atomic mass is 35.5. The maximum absolute atomic E-state index is 13.9. The van der Waals surface area contributed by atoms with Crippen molar-refractivity contribution >= 4 is 11.6 Å². The largest absolute Gasteiger partial charge is 0.347 e. The van der Waals surface area contributed by atoms with Crippen molar-refractivity contribution in [2.75, 3.05) is 27.2 Å². The second-order valence-electron chi connectivity index (χ2n) is 5.29. The summed E-state index contributed by atoms with van der Waals surface area (Å²) in [6.45, 7) is 2.85. The first kappa shape index (κ1) is 15.9. The van der Waals surface area contributed by atoms with Crippen LogP contribution in [0, 0.1) is 5.82 Å². The van der Waals surface area contributed by atoms with Crippen molar-refractivity contribution in [1.82, 2.24) is 19.8 Å². The Balaban J connectivity index is 2.11. The molecule has 1 aromatic heterocycles. The van der Waals surface area contributed by atoms with E-state index in [1.54, 1.807) is 24.7 Å². The third-order valence-electron chi connectivity index (χ3n) is 3.26.